The molecule has 0 aromatic heterocycles. The molecule has 1 unspecified atom stereocenters. The van der Waals surface area contributed by atoms with Crippen LogP contribution in [0.25, 0.3) is 0 Å². The SMILES string of the molecule is CC1(C#CCSS(C)(=O)=O)CCC2(C3CC4CC(C3)CC2C4)N1[O]. The van der Waals surface area contributed by atoms with Gasteiger partial charge in [0.05, 0.1) is 11.3 Å². The van der Waals surface area contributed by atoms with Gasteiger partial charge in [0.15, 0.2) is 8.87 Å². The van der Waals surface area contributed by atoms with Gasteiger partial charge < -0.3 is 0 Å². The molecule has 1 aliphatic heterocycles. The van der Waals surface area contributed by atoms with Gasteiger partial charge in [0.2, 0.25) is 0 Å². The molecule has 24 heavy (non-hydrogen) atoms. The van der Waals surface area contributed by atoms with Crippen LogP contribution in [-0.2, 0) is 14.1 Å². The molecule has 4 aliphatic carbocycles. The van der Waals surface area contributed by atoms with Gasteiger partial charge in [-0.2, -0.15) is 0 Å². The Kier molecular flexibility index (Phi) is 4.04. The van der Waals surface area contributed by atoms with E-state index >= 15 is 0 Å². The summed E-state index contributed by atoms with van der Waals surface area (Å²) < 4.78 is 22.4. The highest BCUT2D eigenvalue weighted by Crippen LogP contribution is 2.64. The Balaban J connectivity index is 1.54. The van der Waals surface area contributed by atoms with Crippen molar-refractivity contribution in [3.05, 3.63) is 0 Å². The fourth-order valence-electron chi connectivity index (χ4n) is 6.32. The Morgan fingerprint density at radius 2 is 1.67 bits per heavy atom. The van der Waals surface area contributed by atoms with Crippen molar-refractivity contribution in [2.45, 2.75) is 62.9 Å². The van der Waals surface area contributed by atoms with Gasteiger partial charge in [0.1, 0.15) is 5.54 Å². The number of nitrogens with zero attached hydrogens (tertiary/aromatic N) is 1. The van der Waals surface area contributed by atoms with Gasteiger partial charge in [-0.3, -0.25) is 0 Å². The van der Waals surface area contributed by atoms with Crippen LogP contribution >= 0.6 is 10.8 Å². The molecule has 5 fully saturated rings. The van der Waals surface area contributed by atoms with E-state index in [1.54, 1.807) is 0 Å². The molecule has 5 rings (SSSR count). The van der Waals surface area contributed by atoms with Crippen LogP contribution in [0, 0.1) is 35.5 Å². The lowest BCUT2D eigenvalue weighted by Gasteiger charge is -2.61. The Bertz CT molecular complexity index is 665. The summed E-state index contributed by atoms with van der Waals surface area (Å²) in [5.74, 6) is 9.16. The normalized spacial score (nSPS) is 47.1. The van der Waals surface area contributed by atoms with E-state index in [0.717, 1.165) is 35.5 Å². The summed E-state index contributed by atoms with van der Waals surface area (Å²) >= 11 is 0. The molecule has 4 bridgehead atoms. The molecule has 0 amide bonds. The summed E-state index contributed by atoms with van der Waals surface area (Å²) in [7, 11) is -2.23. The van der Waals surface area contributed by atoms with Crippen LogP contribution in [0.3, 0.4) is 0 Å². The summed E-state index contributed by atoms with van der Waals surface area (Å²) in [6.45, 7) is 1.96. The summed E-state index contributed by atoms with van der Waals surface area (Å²) in [5, 5.41) is 14.8. The monoisotopic (exact) mass is 368 g/mol. The van der Waals surface area contributed by atoms with Crippen molar-refractivity contribution < 1.29 is 13.6 Å². The third-order valence-corrected chi connectivity index (χ3v) is 9.42. The molecule has 1 atom stereocenters. The van der Waals surface area contributed by atoms with Crippen LogP contribution < -0.4 is 0 Å². The van der Waals surface area contributed by atoms with Gasteiger partial charge in [-0.15, -0.1) is 10.3 Å². The zero-order chi connectivity index (χ0) is 17.2. The minimum absolute atomic E-state index is 0.180. The van der Waals surface area contributed by atoms with E-state index in [0.29, 0.717) is 11.8 Å². The van der Waals surface area contributed by atoms with Crippen molar-refractivity contribution >= 4 is 19.7 Å². The lowest BCUT2D eigenvalue weighted by atomic mass is 9.48. The van der Waals surface area contributed by atoms with Gasteiger partial charge >= 0.3 is 0 Å². The summed E-state index contributed by atoms with van der Waals surface area (Å²) in [6.07, 6.45) is 9.31. The molecule has 4 nitrogen and oxygen atoms in total. The van der Waals surface area contributed by atoms with Gasteiger partial charge in [0, 0.05) is 6.26 Å². The summed E-state index contributed by atoms with van der Waals surface area (Å²) in [6, 6.07) is 0. The van der Waals surface area contributed by atoms with E-state index in [1.807, 2.05) is 6.92 Å². The minimum atomic E-state index is -3.07. The van der Waals surface area contributed by atoms with E-state index < -0.39 is 14.4 Å². The second kappa shape index (κ2) is 5.64. The average Bonchev–Trinajstić information content (AvgIpc) is 2.74. The zero-order valence-corrected chi connectivity index (χ0v) is 16.1. The molecule has 1 spiro atoms. The number of hydroxylamine groups is 2. The topological polar surface area (TPSA) is 57.3 Å². The maximum Gasteiger partial charge on any atom is 0.199 e. The first-order valence-corrected chi connectivity index (χ1v) is 12.4. The molecule has 1 heterocycles. The first-order chi connectivity index (χ1) is 11.2. The van der Waals surface area contributed by atoms with Crippen LogP contribution in [0.2, 0.25) is 0 Å². The Hall–Kier alpha value is -0.220. The van der Waals surface area contributed by atoms with E-state index in [9.17, 15) is 13.6 Å². The molecular formula is C18H26NO3S2. The largest absolute Gasteiger partial charge is 0.218 e. The lowest BCUT2D eigenvalue weighted by molar-refractivity contribution is -0.296. The van der Waals surface area contributed by atoms with Gasteiger partial charge in [-0.25, -0.2) is 8.42 Å². The number of hydrogen-bond donors (Lipinski definition) is 0. The van der Waals surface area contributed by atoms with Crippen molar-refractivity contribution in [1.82, 2.24) is 5.06 Å². The number of rotatable bonds is 2. The van der Waals surface area contributed by atoms with E-state index in [4.69, 9.17) is 0 Å². The van der Waals surface area contributed by atoms with E-state index in [-0.39, 0.29) is 11.3 Å². The zero-order valence-electron chi connectivity index (χ0n) is 14.5. The Labute approximate surface area is 149 Å². The molecule has 4 saturated carbocycles. The van der Waals surface area contributed by atoms with Crippen molar-refractivity contribution in [2.75, 3.05) is 12.0 Å². The number of hydrogen-bond acceptors (Lipinski definition) is 4. The maximum atomic E-state index is 13.4. The first kappa shape index (κ1) is 17.2. The fourth-order valence-corrected chi connectivity index (χ4v) is 7.49. The molecule has 6 heteroatoms. The van der Waals surface area contributed by atoms with Crippen molar-refractivity contribution in [3.63, 3.8) is 0 Å². The maximum absolute atomic E-state index is 13.4. The van der Waals surface area contributed by atoms with Crippen LogP contribution in [0.5, 0.6) is 0 Å². The minimum Gasteiger partial charge on any atom is -0.218 e. The van der Waals surface area contributed by atoms with E-state index in [1.165, 1.54) is 43.4 Å². The molecule has 0 aromatic rings. The Morgan fingerprint density at radius 3 is 2.21 bits per heavy atom. The van der Waals surface area contributed by atoms with Gasteiger partial charge in [-0.05, 0) is 86.3 Å². The van der Waals surface area contributed by atoms with Gasteiger partial charge in [-0.1, -0.05) is 11.8 Å². The van der Waals surface area contributed by atoms with Crippen molar-refractivity contribution in [1.29, 1.82) is 0 Å². The quantitative estimate of drug-likeness (QED) is 0.555. The highest BCUT2D eigenvalue weighted by Gasteiger charge is 2.65. The van der Waals surface area contributed by atoms with Crippen LogP contribution in [-0.4, -0.2) is 36.6 Å². The summed E-state index contributed by atoms with van der Waals surface area (Å²) in [5.41, 5.74) is -0.825. The third-order valence-electron chi connectivity index (χ3n) is 7.09. The summed E-state index contributed by atoms with van der Waals surface area (Å²) in [4.78, 5) is 0. The fraction of sp³-hybridized carbons (Fsp3) is 0.889. The second-order valence-corrected chi connectivity index (χ2v) is 13.1. The molecule has 1 radical (unpaired) electrons. The highest BCUT2D eigenvalue weighted by molar-refractivity contribution is 8.71. The van der Waals surface area contributed by atoms with Crippen LogP contribution in [0.4, 0.5) is 0 Å². The van der Waals surface area contributed by atoms with Gasteiger partial charge in [0.25, 0.3) is 0 Å². The molecule has 0 N–H and O–H groups in total. The van der Waals surface area contributed by atoms with Crippen molar-refractivity contribution in [3.8, 4) is 11.8 Å². The van der Waals surface area contributed by atoms with E-state index in [2.05, 4.69) is 11.8 Å². The highest BCUT2D eigenvalue weighted by atomic mass is 33.1. The molecule has 133 valence electrons. The molecule has 5 aliphatic rings. The first-order valence-electron chi connectivity index (χ1n) is 9.05. The standard InChI is InChI=1S/C18H26NO3S2/c1-17(4-3-7-23-24(2,21)22)5-6-18(19(17)20)15-9-13-8-14(11-15)12-16(18)10-13/h13-16H,5-12H2,1-2H3. The Morgan fingerprint density at radius 1 is 1.08 bits per heavy atom. The average molecular weight is 369 g/mol. The van der Waals surface area contributed by atoms with Crippen LogP contribution in [0.15, 0.2) is 0 Å². The lowest BCUT2D eigenvalue weighted by Crippen LogP contribution is -2.64. The van der Waals surface area contributed by atoms with Crippen LogP contribution in [0.1, 0.15) is 51.9 Å². The second-order valence-electron chi connectivity index (χ2n) is 8.63. The molecule has 0 aromatic carbocycles. The van der Waals surface area contributed by atoms with Crippen molar-refractivity contribution in [2.24, 2.45) is 23.7 Å². The smallest absolute Gasteiger partial charge is 0.199 e. The predicted molar refractivity (Wildman–Crippen MR) is 95.0 cm³/mol. The predicted octanol–water partition coefficient (Wildman–Crippen LogP) is 3.08. The molecular weight excluding hydrogens is 342 g/mol. The third kappa shape index (κ3) is 2.63. The molecule has 1 saturated heterocycles.